The summed E-state index contributed by atoms with van der Waals surface area (Å²) in [6, 6.07) is 13.1. The zero-order chi connectivity index (χ0) is 11.4. The van der Waals surface area contributed by atoms with E-state index < -0.39 is 0 Å². The lowest BCUT2D eigenvalue weighted by Crippen LogP contribution is -1.91. The van der Waals surface area contributed by atoms with Gasteiger partial charge in [-0.2, -0.15) is 5.26 Å². The quantitative estimate of drug-likeness (QED) is 0.765. The Morgan fingerprint density at radius 3 is 2.62 bits per heavy atom. The Bertz CT molecular complexity index is 544. The molecule has 0 saturated carbocycles. The minimum absolute atomic E-state index is 0.297. The second-order valence-corrected chi connectivity index (χ2v) is 3.33. The van der Waals surface area contributed by atoms with Crippen LogP contribution in [-0.2, 0) is 0 Å². The molecule has 0 N–H and O–H groups in total. The van der Waals surface area contributed by atoms with Gasteiger partial charge in [0.1, 0.15) is 11.8 Å². The van der Waals surface area contributed by atoms with Crippen molar-refractivity contribution in [1.82, 2.24) is 4.98 Å². The Morgan fingerprint density at radius 1 is 1.12 bits per heavy atom. The summed E-state index contributed by atoms with van der Waals surface area (Å²) in [4.78, 5) is 3.94. The van der Waals surface area contributed by atoms with E-state index in [-0.39, 0.29) is 0 Å². The summed E-state index contributed by atoms with van der Waals surface area (Å²) >= 11 is 0. The predicted molar refractivity (Wildman–Crippen MR) is 60.2 cm³/mol. The smallest absolute Gasteiger partial charge is 0.183 e. The molecule has 2 rings (SSSR count). The Morgan fingerprint density at radius 2 is 1.88 bits per heavy atom. The highest BCUT2D eigenvalue weighted by atomic mass is 16.5. The zero-order valence-corrected chi connectivity index (χ0v) is 8.84. The summed E-state index contributed by atoms with van der Waals surface area (Å²) in [6.07, 6.45) is 1.57. The van der Waals surface area contributed by atoms with E-state index in [1.165, 1.54) is 0 Å². The van der Waals surface area contributed by atoms with Gasteiger partial charge in [0.25, 0.3) is 0 Å². The highest BCUT2D eigenvalue weighted by Crippen LogP contribution is 2.25. The predicted octanol–water partition coefficient (Wildman–Crippen LogP) is 3.05. The molecule has 0 aliphatic rings. The van der Waals surface area contributed by atoms with Crippen molar-refractivity contribution in [2.24, 2.45) is 0 Å². The van der Waals surface area contributed by atoms with Crippen molar-refractivity contribution < 1.29 is 4.74 Å². The van der Waals surface area contributed by atoms with Gasteiger partial charge in [-0.05, 0) is 30.7 Å². The molecular formula is C13H10N2O. The molecule has 0 aliphatic carbocycles. The van der Waals surface area contributed by atoms with Crippen LogP contribution in [0.1, 0.15) is 11.3 Å². The lowest BCUT2D eigenvalue weighted by molar-refractivity contribution is 0.474. The van der Waals surface area contributed by atoms with Crippen LogP contribution in [0.4, 0.5) is 0 Å². The molecule has 0 bridgehead atoms. The molecule has 0 fully saturated rings. The molecule has 0 atom stereocenters. The Kier molecular flexibility index (Phi) is 2.84. The highest BCUT2D eigenvalue weighted by molar-refractivity contribution is 5.42. The lowest BCUT2D eigenvalue weighted by Gasteiger charge is -2.08. The van der Waals surface area contributed by atoms with Gasteiger partial charge in [-0.15, -0.1) is 0 Å². The number of hydrogen-bond donors (Lipinski definition) is 0. The van der Waals surface area contributed by atoms with Gasteiger partial charge in [0, 0.05) is 6.20 Å². The first kappa shape index (κ1) is 10.2. The monoisotopic (exact) mass is 210 g/mol. The van der Waals surface area contributed by atoms with Crippen molar-refractivity contribution >= 4 is 0 Å². The number of pyridine rings is 1. The fraction of sp³-hybridized carbons (Fsp3) is 0.0769. The summed E-state index contributed by atoms with van der Waals surface area (Å²) in [7, 11) is 0. The number of nitriles is 1. The van der Waals surface area contributed by atoms with Gasteiger partial charge in [-0.1, -0.05) is 18.2 Å². The van der Waals surface area contributed by atoms with Crippen LogP contribution < -0.4 is 4.74 Å². The van der Waals surface area contributed by atoms with Crippen molar-refractivity contribution in [3.8, 4) is 17.6 Å². The van der Waals surface area contributed by atoms with Crippen molar-refractivity contribution in [3.05, 3.63) is 53.9 Å². The van der Waals surface area contributed by atoms with E-state index >= 15 is 0 Å². The number of para-hydroxylation sites is 1. The largest absolute Gasteiger partial charge is 0.454 e. The summed E-state index contributed by atoms with van der Waals surface area (Å²) in [6.45, 7) is 1.96. The molecule has 3 nitrogen and oxygen atoms in total. The van der Waals surface area contributed by atoms with Gasteiger partial charge < -0.3 is 4.74 Å². The van der Waals surface area contributed by atoms with E-state index in [0.29, 0.717) is 11.4 Å². The first-order chi connectivity index (χ1) is 7.81. The van der Waals surface area contributed by atoms with Crippen LogP contribution in [0.5, 0.6) is 11.5 Å². The zero-order valence-electron chi connectivity index (χ0n) is 8.84. The van der Waals surface area contributed by atoms with Gasteiger partial charge >= 0.3 is 0 Å². The Balaban J connectivity index is 2.35. The number of ether oxygens (including phenoxy) is 1. The maximum atomic E-state index is 8.87. The van der Waals surface area contributed by atoms with Gasteiger partial charge in [0.2, 0.25) is 0 Å². The molecule has 0 radical (unpaired) electrons. The topological polar surface area (TPSA) is 45.9 Å². The number of rotatable bonds is 2. The van der Waals surface area contributed by atoms with E-state index in [9.17, 15) is 0 Å². The van der Waals surface area contributed by atoms with Crippen molar-refractivity contribution in [2.45, 2.75) is 6.92 Å². The van der Waals surface area contributed by atoms with E-state index in [4.69, 9.17) is 10.00 Å². The summed E-state index contributed by atoms with van der Waals surface area (Å²) in [5, 5.41) is 8.87. The third-order valence-corrected chi connectivity index (χ3v) is 2.19. The van der Waals surface area contributed by atoms with Gasteiger partial charge in [0.05, 0.1) is 0 Å². The lowest BCUT2D eigenvalue weighted by atomic mass is 10.2. The van der Waals surface area contributed by atoms with Crippen LogP contribution in [0.25, 0.3) is 0 Å². The molecule has 1 heterocycles. The third kappa shape index (κ3) is 2.01. The standard InChI is InChI=1S/C13H10N2O/c1-10-5-2-3-6-12(10)16-13-7-4-8-15-11(13)9-14/h2-8H,1H3. The second kappa shape index (κ2) is 4.45. The number of benzene rings is 1. The summed E-state index contributed by atoms with van der Waals surface area (Å²) in [5.74, 6) is 1.23. The molecule has 0 spiro atoms. The average molecular weight is 210 g/mol. The minimum Gasteiger partial charge on any atom is -0.454 e. The molecule has 2 aromatic rings. The molecule has 16 heavy (non-hydrogen) atoms. The first-order valence-corrected chi connectivity index (χ1v) is 4.90. The number of hydrogen-bond acceptors (Lipinski definition) is 3. The molecular weight excluding hydrogens is 200 g/mol. The van der Waals surface area contributed by atoms with Gasteiger partial charge in [-0.25, -0.2) is 4.98 Å². The van der Waals surface area contributed by atoms with Crippen LogP contribution >= 0.6 is 0 Å². The fourth-order valence-corrected chi connectivity index (χ4v) is 1.35. The molecule has 0 amide bonds. The molecule has 0 aliphatic heterocycles. The van der Waals surface area contributed by atoms with E-state index in [1.54, 1.807) is 18.3 Å². The Labute approximate surface area is 93.9 Å². The van der Waals surface area contributed by atoms with Crippen molar-refractivity contribution in [1.29, 1.82) is 5.26 Å². The summed E-state index contributed by atoms with van der Waals surface area (Å²) in [5.41, 5.74) is 1.32. The van der Waals surface area contributed by atoms with Crippen molar-refractivity contribution in [2.75, 3.05) is 0 Å². The number of aryl methyl sites for hydroxylation is 1. The molecule has 1 aromatic carbocycles. The third-order valence-electron chi connectivity index (χ3n) is 2.19. The van der Waals surface area contributed by atoms with Gasteiger partial charge in [-0.3, -0.25) is 0 Å². The maximum Gasteiger partial charge on any atom is 0.183 e. The molecule has 3 heteroatoms. The van der Waals surface area contributed by atoms with Crippen LogP contribution in [0, 0.1) is 18.3 Å². The van der Waals surface area contributed by atoms with Crippen LogP contribution in [0.3, 0.4) is 0 Å². The highest BCUT2D eigenvalue weighted by Gasteiger charge is 2.05. The van der Waals surface area contributed by atoms with Crippen molar-refractivity contribution in [3.63, 3.8) is 0 Å². The fourth-order valence-electron chi connectivity index (χ4n) is 1.35. The second-order valence-electron chi connectivity index (χ2n) is 3.33. The summed E-state index contributed by atoms with van der Waals surface area (Å²) < 4.78 is 5.65. The molecule has 0 unspecified atom stereocenters. The van der Waals surface area contributed by atoms with Crippen LogP contribution in [0.15, 0.2) is 42.6 Å². The average Bonchev–Trinajstić information content (AvgIpc) is 2.33. The number of nitrogens with zero attached hydrogens (tertiary/aromatic N) is 2. The molecule has 0 saturated heterocycles. The van der Waals surface area contributed by atoms with E-state index in [1.807, 2.05) is 37.3 Å². The van der Waals surface area contributed by atoms with Crippen LogP contribution in [0.2, 0.25) is 0 Å². The number of aromatic nitrogens is 1. The van der Waals surface area contributed by atoms with E-state index in [2.05, 4.69) is 4.98 Å². The minimum atomic E-state index is 0.297. The molecule has 1 aromatic heterocycles. The van der Waals surface area contributed by atoms with Gasteiger partial charge in [0.15, 0.2) is 11.4 Å². The maximum absolute atomic E-state index is 8.87. The Hall–Kier alpha value is -2.34. The van der Waals surface area contributed by atoms with E-state index in [0.717, 1.165) is 11.3 Å². The molecule has 78 valence electrons. The first-order valence-electron chi connectivity index (χ1n) is 4.90. The normalized spacial score (nSPS) is 9.50. The van der Waals surface area contributed by atoms with Crippen LogP contribution in [-0.4, -0.2) is 4.98 Å². The SMILES string of the molecule is Cc1ccccc1Oc1cccnc1C#N.